The Labute approximate surface area is 140 Å². The molecule has 1 aliphatic carbocycles. The number of aromatic amines is 1. The van der Waals surface area contributed by atoms with E-state index in [2.05, 4.69) is 9.97 Å². The molecular weight excluding hydrogens is 302 g/mol. The first-order chi connectivity index (χ1) is 11.7. The summed E-state index contributed by atoms with van der Waals surface area (Å²) in [7, 11) is 0. The van der Waals surface area contributed by atoms with Crippen molar-refractivity contribution in [2.45, 2.75) is 38.6 Å². The van der Waals surface area contributed by atoms with Crippen molar-refractivity contribution in [3.8, 4) is 11.4 Å². The Bertz CT molecular complexity index is 807. The van der Waals surface area contributed by atoms with Crippen LogP contribution >= 0.6 is 0 Å². The summed E-state index contributed by atoms with van der Waals surface area (Å²) in [5.74, 6) is 0.974. The minimum Gasteiger partial charge on any atom is -0.337 e. The Balaban J connectivity index is 1.61. The topological polar surface area (TPSA) is 66.1 Å². The van der Waals surface area contributed by atoms with Crippen LogP contribution in [0.4, 0.5) is 0 Å². The highest BCUT2D eigenvalue weighted by molar-refractivity contribution is 5.79. The Morgan fingerprint density at radius 3 is 2.67 bits per heavy atom. The van der Waals surface area contributed by atoms with E-state index < -0.39 is 0 Å². The number of nitrogens with one attached hydrogen (secondary N) is 1. The molecule has 0 spiro atoms. The molecule has 4 rings (SSSR count). The molecular formula is C19H21N3O2. The lowest BCUT2D eigenvalue weighted by Crippen LogP contribution is -2.42. The summed E-state index contributed by atoms with van der Waals surface area (Å²) in [6, 6.07) is 9.66. The Morgan fingerprint density at radius 2 is 1.92 bits per heavy atom. The molecule has 0 radical (unpaired) electrons. The largest absolute Gasteiger partial charge is 0.337 e. The maximum absolute atomic E-state index is 12.6. The summed E-state index contributed by atoms with van der Waals surface area (Å²) in [4.78, 5) is 34.5. The normalized spacial score (nSPS) is 17.8. The quantitative estimate of drug-likeness (QED) is 0.923. The Morgan fingerprint density at radius 1 is 1.17 bits per heavy atom. The van der Waals surface area contributed by atoms with E-state index in [-0.39, 0.29) is 17.4 Å². The van der Waals surface area contributed by atoms with Crippen LogP contribution in [0.15, 0.2) is 35.1 Å². The number of fused-ring (bicyclic) bond motifs is 1. The molecule has 2 heterocycles. The van der Waals surface area contributed by atoms with Gasteiger partial charge in [-0.3, -0.25) is 9.59 Å². The third-order valence-corrected chi connectivity index (χ3v) is 5.13. The molecule has 0 unspecified atom stereocenters. The van der Waals surface area contributed by atoms with Crippen LogP contribution in [-0.4, -0.2) is 27.3 Å². The minimum absolute atomic E-state index is 0.122. The molecule has 0 bridgehead atoms. The number of hydrogen-bond donors (Lipinski definition) is 1. The number of hydrogen-bond acceptors (Lipinski definition) is 3. The second-order valence-corrected chi connectivity index (χ2v) is 6.70. The van der Waals surface area contributed by atoms with Gasteiger partial charge >= 0.3 is 0 Å². The van der Waals surface area contributed by atoms with E-state index in [1.165, 1.54) is 0 Å². The van der Waals surface area contributed by atoms with Crippen LogP contribution in [0.3, 0.4) is 0 Å². The van der Waals surface area contributed by atoms with Crippen LogP contribution in [-0.2, 0) is 17.8 Å². The number of benzene rings is 1. The summed E-state index contributed by atoms with van der Waals surface area (Å²) in [6.07, 6.45) is 4.91. The smallest absolute Gasteiger partial charge is 0.256 e. The summed E-state index contributed by atoms with van der Waals surface area (Å²) in [5, 5.41) is 0. The van der Waals surface area contributed by atoms with Crippen molar-refractivity contribution in [3.05, 3.63) is 51.9 Å². The number of H-pyrrole nitrogens is 1. The van der Waals surface area contributed by atoms with Gasteiger partial charge in [0.15, 0.2) is 0 Å². The standard InChI is InChI=1S/C19H21N3O2/c23-18-15-12-22(19(24)14-8-4-5-9-14)11-10-16(15)20-17(21-18)13-6-2-1-3-7-13/h1-3,6-7,14H,4-5,8-12H2,(H,20,21,23). The van der Waals surface area contributed by atoms with Crippen molar-refractivity contribution in [1.82, 2.24) is 14.9 Å². The van der Waals surface area contributed by atoms with Gasteiger partial charge < -0.3 is 9.88 Å². The molecule has 2 aromatic rings. The van der Waals surface area contributed by atoms with Gasteiger partial charge in [-0.1, -0.05) is 43.2 Å². The molecule has 1 amide bonds. The fraction of sp³-hybridized carbons (Fsp3) is 0.421. The molecule has 24 heavy (non-hydrogen) atoms. The molecule has 0 saturated heterocycles. The van der Waals surface area contributed by atoms with Gasteiger partial charge in [0.05, 0.1) is 17.8 Å². The highest BCUT2D eigenvalue weighted by Crippen LogP contribution is 2.28. The van der Waals surface area contributed by atoms with E-state index in [0.29, 0.717) is 30.9 Å². The van der Waals surface area contributed by atoms with Crippen molar-refractivity contribution in [2.75, 3.05) is 6.54 Å². The summed E-state index contributed by atoms with van der Waals surface area (Å²) in [5.41, 5.74) is 2.25. The number of carbonyl (C=O) groups excluding carboxylic acids is 1. The first kappa shape index (κ1) is 15.1. The van der Waals surface area contributed by atoms with Gasteiger partial charge in [0, 0.05) is 24.4 Å². The molecule has 1 aliphatic heterocycles. The molecule has 5 heteroatoms. The average Bonchev–Trinajstić information content (AvgIpc) is 3.16. The fourth-order valence-corrected chi connectivity index (χ4v) is 3.78. The summed E-state index contributed by atoms with van der Waals surface area (Å²) >= 11 is 0. The van der Waals surface area contributed by atoms with Crippen molar-refractivity contribution >= 4 is 5.91 Å². The van der Waals surface area contributed by atoms with Crippen LogP contribution in [0.1, 0.15) is 36.9 Å². The lowest BCUT2D eigenvalue weighted by atomic mass is 10.0. The number of rotatable bonds is 2. The van der Waals surface area contributed by atoms with Crippen LogP contribution in [0.2, 0.25) is 0 Å². The van der Waals surface area contributed by atoms with Gasteiger partial charge in [-0.15, -0.1) is 0 Å². The van der Waals surface area contributed by atoms with Gasteiger partial charge in [-0.25, -0.2) is 4.98 Å². The molecule has 1 aromatic heterocycles. The predicted molar refractivity (Wildman–Crippen MR) is 91.4 cm³/mol. The predicted octanol–water partition coefficient (Wildman–Crippen LogP) is 2.51. The molecule has 1 aromatic carbocycles. The van der Waals surface area contributed by atoms with Gasteiger partial charge in [-0.05, 0) is 12.8 Å². The zero-order valence-corrected chi connectivity index (χ0v) is 13.6. The average molecular weight is 323 g/mol. The molecule has 124 valence electrons. The van der Waals surface area contributed by atoms with Crippen LogP contribution in [0, 0.1) is 5.92 Å². The molecule has 2 aliphatic rings. The van der Waals surface area contributed by atoms with Gasteiger partial charge in [0.25, 0.3) is 5.56 Å². The van der Waals surface area contributed by atoms with Gasteiger partial charge in [-0.2, -0.15) is 0 Å². The summed E-state index contributed by atoms with van der Waals surface area (Å²) in [6.45, 7) is 1.05. The SMILES string of the molecule is O=C(C1CCCC1)N1CCc2nc(-c3ccccc3)[nH]c(=O)c2C1. The van der Waals surface area contributed by atoms with E-state index in [1.807, 2.05) is 35.2 Å². The van der Waals surface area contributed by atoms with Crippen molar-refractivity contribution in [2.24, 2.45) is 5.92 Å². The first-order valence-corrected chi connectivity index (χ1v) is 8.68. The minimum atomic E-state index is -0.122. The van der Waals surface area contributed by atoms with E-state index >= 15 is 0 Å². The van der Waals surface area contributed by atoms with E-state index in [4.69, 9.17) is 0 Å². The third-order valence-electron chi connectivity index (χ3n) is 5.13. The lowest BCUT2D eigenvalue weighted by molar-refractivity contribution is -0.136. The second kappa shape index (κ2) is 6.23. The Kier molecular flexibility index (Phi) is 3.92. The number of carbonyl (C=O) groups is 1. The molecule has 0 atom stereocenters. The number of amides is 1. The van der Waals surface area contributed by atoms with Crippen LogP contribution < -0.4 is 5.56 Å². The molecule has 5 nitrogen and oxygen atoms in total. The van der Waals surface area contributed by atoms with Crippen LogP contribution in [0.25, 0.3) is 11.4 Å². The monoisotopic (exact) mass is 323 g/mol. The van der Waals surface area contributed by atoms with E-state index in [0.717, 1.165) is 36.9 Å². The highest BCUT2D eigenvalue weighted by Gasteiger charge is 2.30. The first-order valence-electron chi connectivity index (χ1n) is 8.68. The van der Waals surface area contributed by atoms with E-state index in [1.54, 1.807) is 0 Å². The summed E-state index contributed by atoms with van der Waals surface area (Å²) < 4.78 is 0. The number of aromatic nitrogens is 2. The fourth-order valence-electron chi connectivity index (χ4n) is 3.78. The Hall–Kier alpha value is -2.43. The maximum atomic E-state index is 12.6. The molecule has 1 saturated carbocycles. The number of nitrogens with zero attached hydrogens (tertiary/aromatic N) is 2. The molecule has 1 N–H and O–H groups in total. The maximum Gasteiger partial charge on any atom is 0.256 e. The zero-order valence-electron chi connectivity index (χ0n) is 13.6. The van der Waals surface area contributed by atoms with Crippen molar-refractivity contribution in [1.29, 1.82) is 0 Å². The van der Waals surface area contributed by atoms with Gasteiger partial charge in [0.2, 0.25) is 5.91 Å². The van der Waals surface area contributed by atoms with Gasteiger partial charge in [0.1, 0.15) is 5.82 Å². The second-order valence-electron chi connectivity index (χ2n) is 6.70. The van der Waals surface area contributed by atoms with Crippen molar-refractivity contribution < 1.29 is 4.79 Å². The molecule has 1 fully saturated rings. The lowest BCUT2D eigenvalue weighted by Gasteiger charge is -2.30. The van der Waals surface area contributed by atoms with Crippen molar-refractivity contribution in [3.63, 3.8) is 0 Å². The third kappa shape index (κ3) is 2.75. The zero-order chi connectivity index (χ0) is 16.5. The van der Waals surface area contributed by atoms with E-state index in [9.17, 15) is 9.59 Å². The van der Waals surface area contributed by atoms with Crippen LogP contribution in [0.5, 0.6) is 0 Å². The highest BCUT2D eigenvalue weighted by atomic mass is 16.2.